The number of carbonyl (C=O) groups is 1. The van der Waals surface area contributed by atoms with Crippen LogP contribution in [0.15, 0.2) is 30.3 Å². The third-order valence-corrected chi connectivity index (χ3v) is 6.92. The second-order valence-electron chi connectivity index (χ2n) is 8.81. The molecule has 3 N–H and O–H groups in total. The van der Waals surface area contributed by atoms with Gasteiger partial charge in [-0.05, 0) is 24.8 Å². The quantitative estimate of drug-likeness (QED) is 0.771. The molecule has 158 valence electrons. The van der Waals surface area contributed by atoms with Gasteiger partial charge in [0.1, 0.15) is 5.54 Å². The SMILES string of the molecule is CC1(C)C2OCCCC2C1(N)C(=O)NC1CCN(Cc2ccccc2)C1.Cl.Cl. The Balaban J connectivity index is 0.00000140. The predicted octanol–water partition coefficient (Wildman–Crippen LogP) is 2.75. The molecule has 28 heavy (non-hydrogen) atoms. The van der Waals surface area contributed by atoms with Crippen LogP contribution in [0.4, 0.5) is 0 Å². The highest BCUT2D eigenvalue weighted by Crippen LogP contribution is 2.57. The van der Waals surface area contributed by atoms with Crippen molar-refractivity contribution in [3.05, 3.63) is 35.9 Å². The van der Waals surface area contributed by atoms with Gasteiger partial charge in [0.2, 0.25) is 5.91 Å². The van der Waals surface area contributed by atoms with E-state index in [0.29, 0.717) is 0 Å². The number of nitrogens with one attached hydrogen (secondary N) is 1. The van der Waals surface area contributed by atoms with Crippen molar-refractivity contribution >= 4 is 30.7 Å². The summed E-state index contributed by atoms with van der Waals surface area (Å²) in [6, 6.07) is 10.7. The maximum atomic E-state index is 13.1. The Kier molecular flexibility index (Phi) is 7.43. The van der Waals surface area contributed by atoms with Crippen LogP contribution in [0.3, 0.4) is 0 Å². The molecule has 5 nitrogen and oxygen atoms in total. The molecule has 3 aliphatic rings. The Bertz CT molecular complexity index is 673. The zero-order valence-electron chi connectivity index (χ0n) is 16.7. The molecule has 0 spiro atoms. The van der Waals surface area contributed by atoms with Crippen molar-refractivity contribution in [3.8, 4) is 0 Å². The Hall–Kier alpha value is -0.850. The van der Waals surface area contributed by atoms with E-state index in [1.165, 1.54) is 5.56 Å². The van der Waals surface area contributed by atoms with Crippen LogP contribution in [0.25, 0.3) is 0 Å². The maximum absolute atomic E-state index is 13.1. The van der Waals surface area contributed by atoms with Gasteiger partial charge in [-0.3, -0.25) is 9.69 Å². The second kappa shape index (κ2) is 8.88. The van der Waals surface area contributed by atoms with E-state index in [9.17, 15) is 4.79 Å². The third kappa shape index (κ3) is 3.80. The number of hydrogen-bond donors (Lipinski definition) is 2. The van der Waals surface area contributed by atoms with Gasteiger partial charge in [0.25, 0.3) is 0 Å². The summed E-state index contributed by atoms with van der Waals surface area (Å²) in [6.45, 7) is 7.78. The van der Waals surface area contributed by atoms with Crippen LogP contribution in [0.2, 0.25) is 0 Å². The van der Waals surface area contributed by atoms with Gasteiger partial charge in [-0.2, -0.15) is 0 Å². The number of nitrogens with two attached hydrogens (primary N) is 1. The monoisotopic (exact) mass is 429 g/mol. The standard InChI is InChI=1S/C21H31N3O2.2ClH/c1-20(2)18-17(9-6-12-26-18)21(20,22)19(25)23-16-10-11-24(14-16)13-15-7-4-3-5-8-15;;/h3-5,7-8,16-18H,6,9-14,22H2,1-2H3,(H,23,25);2*1H. The number of ether oxygens (including phenoxy) is 1. The molecule has 1 aromatic carbocycles. The number of rotatable bonds is 4. The van der Waals surface area contributed by atoms with E-state index in [4.69, 9.17) is 10.5 Å². The van der Waals surface area contributed by atoms with Gasteiger partial charge in [-0.1, -0.05) is 44.2 Å². The molecule has 0 radical (unpaired) electrons. The van der Waals surface area contributed by atoms with Crippen molar-refractivity contribution in [2.24, 2.45) is 17.1 Å². The Morgan fingerprint density at radius 1 is 1.25 bits per heavy atom. The smallest absolute Gasteiger partial charge is 0.241 e. The van der Waals surface area contributed by atoms with Gasteiger partial charge in [0.15, 0.2) is 0 Å². The minimum atomic E-state index is -0.815. The fraction of sp³-hybridized carbons (Fsp3) is 0.667. The molecule has 2 heterocycles. The van der Waals surface area contributed by atoms with Gasteiger partial charge < -0.3 is 15.8 Å². The fourth-order valence-corrected chi connectivity index (χ4v) is 5.28. The first-order valence-corrected chi connectivity index (χ1v) is 9.90. The molecule has 4 unspecified atom stereocenters. The predicted molar refractivity (Wildman–Crippen MR) is 116 cm³/mol. The zero-order chi connectivity index (χ0) is 18.4. The van der Waals surface area contributed by atoms with Gasteiger partial charge >= 0.3 is 0 Å². The van der Waals surface area contributed by atoms with E-state index in [1.54, 1.807) is 0 Å². The molecular formula is C21H33Cl2N3O2. The summed E-state index contributed by atoms with van der Waals surface area (Å²) in [6.07, 6.45) is 3.09. The molecule has 4 rings (SSSR count). The van der Waals surface area contributed by atoms with E-state index in [1.807, 2.05) is 6.07 Å². The summed E-state index contributed by atoms with van der Waals surface area (Å²) in [5, 5.41) is 3.26. The molecule has 1 aliphatic carbocycles. The highest BCUT2D eigenvalue weighted by Gasteiger charge is 2.70. The number of hydrogen-bond acceptors (Lipinski definition) is 4. The topological polar surface area (TPSA) is 67.6 Å². The van der Waals surface area contributed by atoms with Gasteiger partial charge in [0, 0.05) is 43.6 Å². The van der Waals surface area contributed by atoms with Crippen LogP contribution in [0.5, 0.6) is 0 Å². The number of nitrogens with zero attached hydrogens (tertiary/aromatic N) is 1. The van der Waals surface area contributed by atoms with Gasteiger partial charge in [-0.25, -0.2) is 0 Å². The largest absolute Gasteiger partial charge is 0.377 e. The highest BCUT2D eigenvalue weighted by molar-refractivity contribution is 5.89. The summed E-state index contributed by atoms with van der Waals surface area (Å²) < 4.78 is 5.92. The van der Waals surface area contributed by atoms with Crippen molar-refractivity contribution in [1.82, 2.24) is 10.2 Å². The van der Waals surface area contributed by atoms with Crippen LogP contribution >= 0.6 is 24.8 Å². The Labute approximate surface area is 180 Å². The van der Waals surface area contributed by atoms with E-state index < -0.39 is 5.54 Å². The lowest BCUT2D eigenvalue weighted by Crippen LogP contribution is -2.82. The van der Waals surface area contributed by atoms with Crippen molar-refractivity contribution in [1.29, 1.82) is 0 Å². The first-order chi connectivity index (χ1) is 12.4. The molecule has 3 fully saturated rings. The first kappa shape index (κ1) is 23.4. The highest BCUT2D eigenvalue weighted by atomic mass is 35.5. The van der Waals surface area contributed by atoms with Crippen LogP contribution in [-0.4, -0.2) is 48.2 Å². The lowest BCUT2D eigenvalue weighted by Gasteiger charge is -2.65. The van der Waals surface area contributed by atoms with Crippen LogP contribution in [0.1, 0.15) is 38.7 Å². The Morgan fingerprint density at radius 3 is 2.68 bits per heavy atom. The number of fused-ring (bicyclic) bond motifs is 1. The summed E-state index contributed by atoms with van der Waals surface area (Å²) >= 11 is 0. The van der Waals surface area contributed by atoms with E-state index in [-0.39, 0.29) is 54.2 Å². The molecule has 2 aliphatic heterocycles. The summed E-state index contributed by atoms with van der Waals surface area (Å²) in [5.74, 6) is 0.161. The second-order valence-corrected chi connectivity index (χ2v) is 8.81. The maximum Gasteiger partial charge on any atom is 0.241 e. The van der Waals surface area contributed by atoms with Crippen molar-refractivity contribution in [3.63, 3.8) is 0 Å². The fourth-order valence-electron chi connectivity index (χ4n) is 5.28. The zero-order valence-corrected chi connectivity index (χ0v) is 18.4. The van der Waals surface area contributed by atoms with Crippen molar-refractivity contribution in [2.75, 3.05) is 19.7 Å². The van der Waals surface area contributed by atoms with Crippen LogP contribution in [0, 0.1) is 11.3 Å². The Morgan fingerprint density at radius 2 is 1.96 bits per heavy atom. The molecule has 1 aromatic rings. The molecular weight excluding hydrogens is 397 g/mol. The van der Waals surface area contributed by atoms with E-state index >= 15 is 0 Å². The number of carbonyl (C=O) groups excluding carboxylic acids is 1. The van der Waals surface area contributed by atoms with Crippen molar-refractivity contribution < 1.29 is 9.53 Å². The first-order valence-electron chi connectivity index (χ1n) is 9.90. The number of benzene rings is 1. The minimum Gasteiger partial charge on any atom is -0.377 e. The number of amides is 1. The average molecular weight is 430 g/mol. The van der Waals surface area contributed by atoms with Crippen LogP contribution in [-0.2, 0) is 16.1 Å². The number of halogens is 2. The summed E-state index contributed by atoms with van der Waals surface area (Å²) in [4.78, 5) is 15.5. The molecule has 7 heteroatoms. The lowest BCUT2D eigenvalue weighted by molar-refractivity contribution is -0.225. The molecule has 1 amide bonds. The van der Waals surface area contributed by atoms with E-state index in [0.717, 1.165) is 45.5 Å². The molecule has 0 aromatic heterocycles. The normalized spacial score (nSPS) is 33.6. The molecule has 1 saturated carbocycles. The minimum absolute atomic E-state index is 0. The third-order valence-electron chi connectivity index (χ3n) is 6.92. The van der Waals surface area contributed by atoms with Crippen molar-refractivity contribution in [2.45, 2.75) is 57.3 Å². The molecule has 0 bridgehead atoms. The van der Waals surface area contributed by atoms with Gasteiger partial charge in [-0.15, -0.1) is 24.8 Å². The molecule has 4 atom stereocenters. The van der Waals surface area contributed by atoms with Gasteiger partial charge in [0.05, 0.1) is 6.10 Å². The number of likely N-dealkylation sites (tertiary alicyclic amines) is 1. The van der Waals surface area contributed by atoms with Crippen LogP contribution < -0.4 is 11.1 Å². The lowest BCUT2D eigenvalue weighted by atomic mass is 9.46. The summed E-state index contributed by atoms with van der Waals surface area (Å²) in [7, 11) is 0. The van der Waals surface area contributed by atoms with E-state index in [2.05, 4.69) is 48.3 Å². The average Bonchev–Trinajstić information content (AvgIpc) is 3.08. The summed E-state index contributed by atoms with van der Waals surface area (Å²) in [5.41, 5.74) is 6.90. The molecule has 2 saturated heterocycles.